The second-order valence-corrected chi connectivity index (χ2v) is 4.44. The van der Waals surface area contributed by atoms with Gasteiger partial charge in [0.1, 0.15) is 0 Å². The van der Waals surface area contributed by atoms with E-state index in [0.717, 1.165) is 19.3 Å². The van der Waals surface area contributed by atoms with Gasteiger partial charge in [-0.2, -0.15) is 0 Å². The number of hydrogen-bond acceptors (Lipinski definition) is 3. The van der Waals surface area contributed by atoms with Crippen LogP contribution < -0.4 is 11.1 Å². The van der Waals surface area contributed by atoms with Crippen molar-refractivity contribution < 1.29 is 14.7 Å². The molecule has 0 aliphatic rings. The summed E-state index contributed by atoms with van der Waals surface area (Å²) in [6, 6.07) is 6.84. The molecule has 104 valence electrons. The molecule has 0 aromatic heterocycles. The predicted molar refractivity (Wildman–Crippen MR) is 73.9 cm³/mol. The number of carboxylic acid groups (broad SMARTS) is 1. The van der Waals surface area contributed by atoms with Gasteiger partial charge in [0.05, 0.1) is 0 Å². The summed E-state index contributed by atoms with van der Waals surface area (Å²) in [5, 5.41) is 11.3. The zero-order valence-corrected chi connectivity index (χ0v) is 10.9. The number of aliphatic carboxylic acids is 1. The Labute approximate surface area is 112 Å². The maximum atomic E-state index is 11.7. The molecule has 1 amide bonds. The lowest BCUT2D eigenvalue weighted by atomic mass is 10.1. The van der Waals surface area contributed by atoms with E-state index in [1.54, 1.807) is 24.3 Å². The van der Waals surface area contributed by atoms with Gasteiger partial charge in [-0.1, -0.05) is 18.9 Å². The molecule has 0 saturated carbocycles. The van der Waals surface area contributed by atoms with Crippen LogP contribution in [0.4, 0.5) is 5.69 Å². The summed E-state index contributed by atoms with van der Waals surface area (Å²) in [7, 11) is 0. The number of anilines is 1. The molecular formula is C14H20N2O3. The first-order valence-electron chi connectivity index (χ1n) is 6.45. The lowest BCUT2D eigenvalue weighted by Gasteiger charge is -2.05. The van der Waals surface area contributed by atoms with Gasteiger partial charge in [-0.05, 0) is 31.0 Å². The van der Waals surface area contributed by atoms with Crippen LogP contribution in [0.3, 0.4) is 0 Å². The molecule has 4 N–H and O–H groups in total. The van der Waals surface area contributed by atoms with Gasteiger partial charge >= 0.3 is 5.97 Å². The molecule has 1 aromatic carbocycles. The number of carbonyl (C=O) groups excluding carboxylic acids is 1. The summed E-state index contributed by atoms with van der Waals surface area (Å²) in [6.45, 7) is 0.598. The molecule has 0 saturated heterocycles. The third-order valence-corrected chi connectivity index (χ3v) is 2.75. The van der Waals surface area contributed by atoms with E-state index in [9.17, 15) is 9.59 Å². The summed E-state index contributed by atoms with van der Waals surface area (Å²) in [4.78, 5) is 22.0. The lowest BCUT2D eigenvalue weighted by Crippen LogP contribution is -2.24. The van der Waals surface area contributed by atoms with Gasteiger partial charge in [-0.3, -0.25) is 9.59 Å². The number of nitrogens with two attached hydrogens (primary N) is 1. The summed E-state index contributed by atoms with van der Waals surface area (Å²) in [5.41, 5.74) is 6.73. The summed E-state index contributed by atoms with van der Waals surface area (Å²) < 4.78 is 0. The summed E-state index contributed by atoms with van der Waals surface area (Å²) >= 11 is 0. The van der Waals surface area contributed by atoms with E-state index in [0.29, 0.717) is 24.2 Å². The number of benzene rings is 1. The molecule has 1 rings (SSSR count). The van der Waals surface area contributed by atoms with E-state index in [2.05, 4.69) is 5.32 Å². The fraction of sp³-hybridized carbons (Fsp3) is 0.429. The van der Waals surface area contributed by atoms with Crippen molar-refractivity contribution in [3.63, 3.8) is 0 Å². The summed E-state index contributed by atoms with van der Waals surface area (Å²) in [6.07, 6.45) is 3.56. The van der Waals surface area contributed by atoms with Crippen molar-refractivity contribution >= 4 is 17.6 Å². The van der Waals surface area contributed by atoms with Gasteiger partial charge in [-0.25, -0.2) is 0 Å². The average molecular weight is 264 g/mol. The molecular weight excluding hydrogens is 244 g/mol. The highest BCUT2D eigenvalue weighted by molar-refractivity contribution is 5.94. The number of carbonyl (C=O) groups is 2. The van der Waals surface area contributed by atoms with Crippen molar-refractivity contribution in [2.75, 3.05) is 12.3 Å². The molecule has 0 spiro atoms. The molecule has 0 atom stereocenters. The third kappa shape index (κ3) is 6.45. The Kier molecular flexibility index (Phi) is 6.43. The Bertz CT molecular complexity index is 432. The fourth-order valence-electron chi connectivity index (χ4n) is 1.74. The minimum atomic E-state index is -0.755. The van der Waals surface area contributed by atoms with Crippen molar-refractivity contribution in [1.29, 1.82) is 0 Å². The van der Waals surface area contributed by atoms with Crippen LogP contribution in [0.25, 0.3) is 0 Å². The first-order chi connectivity index (χ1) is 9.09. The molecule has 0 fully saturated rings. The standard InChI is InChI=1S/C14H20N2O3/c15-12-7-5-6-11(10-12)14(19)16-9-4-2-1-3-8-13(17)18/h5-7,10H,1-4,8-9,15H2,(H,16,19)(H,17,18). The van der Waals surface area contributed by atoms with Crippen LogP contribution in [0.15, 0.2) is 24.3 Å². The maximum Gasteiger partial charge on any atom is 0.303 e. The number of unbranched alkanes of at least 4 members (excludes halogenated alkanes) is 3. The normalized spacial score (nSPS) is 10.1. The van der Waals surface area contributed by atoms with Crippen molar-refractivity contribution in [2.45, 2.75) is 32.1 Å². The number of hydrogen-bond donors (Lipinski definition) is 3. The first kappa shape index (κ1) is 15.0. The molecule has 1 aromatic rings. The van der Waals surface area contributed by atoms with E-state index in [1.807, 2.05) is 0 Å². The van der Waals surface area contributed by atoms with Gasteiger partial charge in [0.2, 0.25) is 0 Å². The van der Waals surface area contributed by atoms with E-state index < -0.39 is 5.97 Å². The van der Waals surface area contributed by atoms with Crippen molar-refractivity contribution in [3.8, 4) is 0 Å². The molecule has 19 heavy (non-hydrogen) atoms. The van der Waals surface area contributed by atoms with Crippen molar-refractivity contribution in [2.24, 2.45) is 0 Å². The zero-order valence-electron chi connectivity index (χ0n) is 10.9. The first-order valence-corrected chi connectivity index (χ1v) is 6.45. The molecule has 0 heterocycles. The van der Waals surface area contributed by atoms with Crippen LogP contribution in [0.1, 0.15) is 42.5 Å². The average Bonchev–Trinajstić information content (AvgIpc) is 2.37. The second kappa shape index (κ2) is 8.13. The van der Waals surface area contributed by atoms with Gasteiger partial charge in [-0.15, -0.1) is 0 Å². The smallest absolute Gasteiger partial charge is 0.303 e. The van der Waals surface area contributed by atoms with Gasteiger partial charge in [0.25, 0.3) is 5.91 Å². The molecule has 0 aliphatic carbocycles. The van der Waals surface area contributed by atoms with Gasteiger partial charge in [0, 0.05) is 24.2 Å². The van der Waals surface area contributed by atoms with Crippen LogP contribution in [0.5, 0.6) is 0 Å². The highest BCUT2D eigenvalue weighted by Crippen LogP contribution is 2.06. The molecule has 5 nitrogen and oxygen atoms in total. The highest BCUT2D eigenvalue weighted by Gasteiger charge is 2.04. The van der Waals surface area contributed by atoms with Crippen molar-refractivity contribution in [3.05, 3.63) is 29.8 Å². The monoisotopic (exact) mass is 264 g/mol. The van der Waals surface area contributed by atoms with Crippen LogP contribution in [0, 0.1) is 0 Å². The molecule has 0 radical (unpaired) electrons. The number of nitrogen functional groups attached to an aromatic ring is 1. The minimum absolute atomic E-state index is 0.127. The predicted octanol–water partition coefficient (Wildman–Crippen LogP) is 2.03. The fourth-order valence-corrected chi connectivity index (χ4v) is 1.74. The topological polar surface area (TPSA) is 92.4 Å². The number of amides is 1. The number of carboxylic acids is 1. The SMILES string of the molecule is Nc1cccc(C(=O)NCCCCCCC(=O)O)c1. The van der Waals surface area contributed by atoms with E-state index >= 15 is 0 Å². The van der Waals surface area contributed by atoms with Crippen LogP contribution in [-0.2, 0) is 4.79 Å². The molecule has 0 unspecified atom stereocenters. The van der Waals surface area contributed by atoms with E-state index in [4.69, 9.17) is 10.8 Å². The Morgan fingerprint density at radius 2 is 1.89 bits per heavy atom. The Morgan fingerprint density at radius 1 is 1.16 bits per heavy atom. The van der Waals surface area contributed by atoms with Crippen LogP contribution >= 0.6 is 0 Å². The number of nitrogens with one attached hydrogen (secondary N) is 1. The van der Waals surface area contributed by atoms with E-state index in [-0.39, 0.29) is 12.3 Å². The van der Waals surface area contributed by atoms with Gasteiger partial charge in [0.15, 0.2) is 0 Å². The minimum Gasteiger partial charge on any atom is -0.481 e. The number of rotatable bonds is 8. The van der Waals surface area contributed by atoms with E-state index in [1.165, 1.54) is 0 Å². The quantitative estimate of drug-likeness (QED) is 0.495. The van der Waals surface area contributed by atoms with Crippen LogP contribution in [-0.4, -0.2) is 23.5 Å². The second-order valence-electron chi connectivity index (χ2n) is 4.44. The Morgan fingerprint density at radius 3 is 2.58 bits per heavy atom. The molecule has 0 aliphatic heterocycles. The third-order valence-electron chi connectivity index (χ3n) is 2.75. The lowest BCUT2D eigenvalue weighted by molar-refractivity contribution is -0.137. The van der Waals surface area contributed by atoms with Crippen LogP contribution in [0.2, 0.25) is 0 Å². The van der Waals surface area contributed by atoms with Crippen molar-refractivity contribution in [1.82, 2.24) is 5.32 Å². The largest absolute Gasteiger partial charge is 0.481 e. The Hall–Kier alpha value is -2.04. The maximum absolute atomic E-state index is 11.7. The Balaban J connectivity index is 2.12. The molecule has 5 heteroatoms. The van der Waals surface area contributed by atoms with Gasteiger partial charge < -0.3 is 16.2 Å². The summed E-state index contributed by atoms with van der Waals surface area (Å²) in [5.74, 6) is -0.882. The zero-order chi connectivity index (χ0) is 14.1. The highest BCUT2D eigenvalue weighted by atomic mass is 16.4. The molecule has 0 bridgehead atoms.